The third-order valence-corrected chi connectivity index (χ3v) is 6.78. The number of aryl methyl sites for hydroxylation is 1. The van der Waals surface area contributed by atoms with Crippen LogP contribution in [0, 0.1) is 17.0 Å². The number of benzene rings is 2. The van der Waals surface area contributed by atoms with Crippen LogP contribution in [-0.4, -0.2) is 25.5 Å². The van der Waals surface area contributed by atoms with Crippen LogP contribution in [0.3, 0.4) is 0 Å². The van der Waals surface area contributed by atoms with Crippen molar-refractivity contribution in [3.63, 3.8) is 0 Å². The van der Waals surface area contributed by atoms with Crippen LogP contribution < -0.4 is 5.32 Å². The molecule has 162 valence electrons. The maximum Gasteiger partial charge on any atom is 0.275 e. The van der Waals surface area contributed by atoms with Crippen molar-refractivity contribution in [1.82, 2.24) is 14.8 Å². The molecular formula is C23H21N5O3S. The van der Waals surface area contributed by atoms with E-state index in [0.29, 0.717) is 40.8 Å². The summed E-state index contributed by atoms with van der Waals surface area (Å²) < 4.78 is 1.63. The van der Waals surface area contributed by atoms with Crippen LogP contribution >= 0.6 is 11.8 Å². The molecule has 5 rings (SSSR count). The summed E-state index contributed by atoms with van der Waals surface area (Å²) in [5.41, 5.74) is 4.16. The Kier molecular flexibility index (Phi) is 5.26. The molecule has 0 saturated heterocycles. The van der Waals surface area contributed by atoms with E-state index in [9.17, 15) is 14.9 Å². The van der Waals surface area contributed by atoms with Gasteiger partial charge in [0, 0.05) is 29.5 Å². The molecule has 0 amide bonds. The van der Waals surface area contributed by atoms with Crippen molar-refractivity contribution in [1.29, 1.82) is 0 Å². The first kappa shape index (κ1) is 20.4. The lowest BCUT2D eigenvalue weighted by Crippen LogP contribution is -2.31. The van der Waals surface area contributed by atoms with Crippen molar-refractivity contribution in [3.05, 3.63) is 86.6 Å². The number of nitro groups is 1. The van der Waals surface area contributed by atoms with Crippen LogP contribution in [-0.2, 0) is 10.5 Å². The lowest BCUT2D eigenvalue weighted by atomic mass is 9.85. The fourth-order valence-corrected chi connectivity index (χ4v) is 5.19. The molecule has 0 saturated carbocycles. The number of para-hydroxylation sites is 1. The molecule has 1 aliphatic heterocycles. The van der Waals surface area contributed by atoms with Crippen molar-refractivity contribution in [2.75, 3.05) is 5.32 Å². The third-order valence-electron chi connectivity index (χ3n) is 5.89. The summed E-state index contributed by atoms with van der Waals surface area (Å²) in [6, 6.07) is 14.0. The summed E-state index contributed by atoms with van der Waals surface area (Å²) in [6.45, 7) is 2.07. The van der Waals surface area contributed by atoms with E-state index in [4.69, 9.17) is 0 Å². The number of rotatable bonds is 5. The summed E-state index contributed by atoms with van der Waals surface area (Å²) in [7, 11) is 0. The van der Waals surface area contributed by atoms with Gasteiger partial charge in [-0.15, -0.1) is 5.10 Å². The number of aromatic nitrogens is 3. The molecular weight excluding hydrogens is 426 g/mol. The Morgan fingerprint density at radius 2 is 1.97 bits per heavy atom. The normalized spacial score (nSPS) is 17.5. The van der Waals surface area contributed by atoms with Gasteiger partial charge in [-0.3, -0.25) is 14.9 Å². The second kappa shape index (κ2) is 8.23. The number of nitrogens with one attached hydrogen (secondary N) is 1. The Labute approximate surface area is 188 Å². The average molecular weight is 448 g/mol. The first-order chi connectivity index (χ1) is 15.5. The lowest BCUT2D eigenvalue weighted by Gasteiger charge is -2.31. The van der Waals surface area contributed by atoms with E-state index in [-0.39, 0.29) is 11.5 Å². The molecule has 1 aliphatic carbocycles. The number of nitrogens with zero attached hydrogens (tertiary/aromatic N) is 4. The van der Waals surface area contributed by atoms with Gasteiger partial charge in [0.15, 0.2) is 5.78 Å². The fraction of sp³-hybridized carbons (Fsp3) is 0.261. The first-order valence-electron chi connectivity index (χ1n) is 10.4. The number of fused-ring (bicyclic) bond motifs is 1. The first-order valence-corrected chi connectivity index (χ1v) is 11.4. The largest absolute Gasteiger partial charge is 0.328 e. The van der Waals surface area contributed by atoms with Crippen molar-refractivity contribution >= 4 is 29.2 Å². The number of nitro benzene ring substituents is 1. The van der Waals surface area contributed by atoms with E-state index in [1.54, 1.807) is 22.9 Å². The summed E-state index contributed by atoms with van der Waals surface area (Å²) >= 11 is 1.50. The standard InChI is InChI=1S/C23H21N5O3S/c1-14-7-2-3-8-15(14)13-32-23-25-22-24-17-10-6-12-19(29)20(17)21(27(22)26-23)16-9-4-5-11-18(16)28(30)31/h2-5,7-9,11,21H,6,10,12-13H2,1H3,(H,24,25,26)/t21-/m1/s1. The molecule has 2 heterocycles. The highest BCUT2D eigenvalue weighted by atomic mass is 32.2. The van der Waals surface area contributed by atoms with Crippen LogP contribution in [0.1, 0.15) is 42.0 Å². The van der Waals surface area contributed by atoms with E-state index >= 15 is 0 Å². The zero-order valence-corrected chi connectivity index (χ0v) is 18.3. The monoisotopic (exact) mass is 447 g/mol. The van der Waals surface area contributed by atoms with Crippen LogP contribution in [0.5, 0.6) is 0 Å². The van der Waals surface area contributed by atoms with E-state index in [0.717, 1.165) is 12.1 Å². The molecule has 2 aromatic carbocycles. The molecule has 0 radical (unpaired) electrons. The van der Waals surface area contributed by atoms with Gasteiger partial charge in [-0.1, -0.05) is 48.2 Å². The molecule has 2 aliphatic rings. The minimum absolute atomic E-state index is 0.00263. The number of hydrogen-bond acceptors (Lipinski definition) is 7. The van der Waals surface area contributed by atoms with Crippen molar-refractivity contribution in [2.45, 2.75) is 43.1 Å². The van der Waals surface area contributed by atoms with E-state index in [1.165, 1.54) is 29.0 Å². The number of ketones is 1. The highest BCUT2D eigenvalue weighted by molar-refractivity contribution is 7.98. The molecule has 1 N–H and O–H groups in total. The Morgan fingerprint density at radius 1 is 1.19 bits per heavy atom. The predicted octanol–water partition coefficient (Wildman–Crippen LogP) is 4.81. The zero-order chi connectivity index (χ0) is 22.2. The molecule has 0 unspecified atom stereocenters. The molecule has 0 bridgehead atoms. The van der Waals surface area contributed by atoms with Crippen LogP contribution in [0.2, 0.25) is 0 Å². The number of thioether (sulfide) groups is 1. The number of Topliss-reactive ketones (excluding diaryl/α,β-unsaturated/α-hetero) is 1. The Hall–Kier alpha value is -3.46. The van der Waals surface area contributed by atoms with E-state index in [1.807, 2.05) is 12.1 Å². The van der Waals surface area contributed by atoms with Gasteiger partial charge in [0.2, 0.25) is 11.1 Å². The van der Waals surface area contributed by atoms with Gasteiger partial charge in [-0.05, 0) is 37.0 Å². The van der Waals surface area contributed by atoms with Gasteiger partial charge < -0.3 is 5.32 Å². The van der Waals surface area contributed by atoms with Crippen LogP contribution in [0.25, 0.3) is 0 Å². The topological polar surface area (TPSA) is 103 Å². The second-order valence-electron chi connectivity index (χ2n) is 7.89. The molecule has 1 atom stereocenters. The van der Waals surface area contributed by atoms with Crippen molar-refractivity contribution in [2.24, 2.45) is 0 Å². The fourth-order valence-electron chi connectivity index (χ4n) is 4.28. The van der Waals surface area contributed by atoms with Crippen molar-refractivity contribution < 1.29 is 9.72 Å². The number of hydrogen-bond donors (Lipinski definition) is 1. The second-order valence-corrected chi connectivity index (χ2v) is 8.83. The smallest absolute Gasteiger partial charge is 0.275 e. The summed E-state index contributed by atoms with van der Waals surface area (Å²) in [5, 5.41) is 20.3. The molecule has 0 fully saturated rings. The third kappa shape index (κ3) is 3.58. The molecule has 9 heteroatoms. The van der Waals surface area contributed by atoms with Crippen LogP contribution in [0.4, 0.5) is 11.6 Å². The molecule has 3 aromatic rings. The maximum absolute atomic E-state index is 12.9. The van der Waals surface area contributed by atoms with Gasteiger partial charge >= 0.3 is 0 Å². The number of carbonyl (C=O) groups is 1. The minimum atomic E-state index is -0.670. The van der Waals surface area contributed by atoms with E-state index in [2.05, 4.69) is 34.5 Å². The van der Waals surface area contributed by atoms with Gasteiger partial charge in [-0.2, -0.15) is 4.98 Å². The number of allylic oxidation sites excluding steroid dienone is 2. The molecule has 0 spiro atoms. The van der Waals surface area contributed by atoms with Gasteiger partial charge in [0.1, 0.15) is 6.04 Å². The van der Waals surface area contributed by atoms with Gasteiger partial charge in [-0.25, -0.2) is 4.68 Å². The Morgan fingerprint density at radius 3 is 2.78 bits per heavy atom. The zero-order valence-electron chi connectivity index (χ0n) is 17.4. The summed E-state index contributed by atoms with van der Waals surface area (Å²) in [4.78, 5) is 28.9. The number of anilines is 1. The maximum atomic E-state index is 12.9. The lowest BCUT2D eigenvalue weighted by molar-refractivity contribution is -0.385. The predicted molar refractivity (Wildman–Crippen MR) is 122 cm³/mol. The molecule has 1 aromatic heterocycles. The SMILES string of the molecule is Cc1ccccc1CSc1nc2n(n1)[C@H](c1ccccc1[N+](=O)[O-])C1=C(CCCC1=O)N2. The Bertz CT molecular complexity index is 1270. The van der Waals surface area contributed by atoms with Gasteiger partial charge in [0.05, 0.1) is 10.5 Å². The van der Waals surface area contributed by atoms with Crippen LogP contribution in [0.15, 0.2) is 65.0 Å². The van der Waals surface area contributed by atoms with Gasteiger partial charge in [0.25, 0.3) is 5.69 Å². The Balaban J connectivity index is 1.57. The molecule has 32 heavy (non-hydrogen) atoms. The molecule has 8 nitrogen and oxygen atoms in total. The summed E-state index contributed by atoms with van der Waals surface area (Å²) in [5.74, 6) is 1.21. The van der Waals surface area contributed by atoms with Crippen molar-refractivity contribution in [3.8, 4) is 0 Å². The number of carbonyl (C=O) groups excluding carboxylic acids is 1. The highest BCUT2D eigenvalue weighted by Crippen LogP contribution is 2.43. The minimum Gasteiger partial charge on any atom is -0.328 e. The summed E-state index contributed by atoms with van der Waals surface area (Å²) in [6.07, 6.45) is 1.88. The quantitative estimate of drug-likeness (QED) is 0.340. The average Bonchev–Trinajstić information content (AvgIpc) is 3.20. The van der Waals surface area contributed by atoms with E-state index < -0.39 is 11.0 Å². The highest BCUT2D eigenvalue weighted by Gasteiger charge is 2.39.